The molecule has 1 aromatic rings. The van der Waals surface area contributed by atoms with E-state index in [0.717, 1.165) is 43.4 Å². The van der Waals surface area contributed by atoms with Crippen molar-refractivity contribution in [2.75, 3.05) is 14.2 Å². The van der Waals surface area contributed by atoms with Crippen LogP contribution >= 0.6 is 0 Å². The zero-order valence-corrected chi connectivity index (χ0v) is 30.9. The van der Waals surface area contributed by atoms with Gasteiger partial charge in [0, 0.05) is 12.5 Å². The van der Waals surface area contributed by atoms with Crippen LogP contribution in [0.3, 0.4) is 0 Å². The maximum Gasteiger partial charge on any atom is 0.341 e. The third-order valence-corrected chi connectivity index (χ3v) is 17.0. The molecule has 1 aromatic carbocycles. The van der Waals surface area contributed by atoms with E-state index in [2.05, 4.69) is 60.4 Å². The lowest BCUT2D eigenvalue weighted by molar-refractivity contribution is -0.298. The Kier molecular flexibility index (Phi) is 7.53. The standard InChI is InChI=1S/C41H61NO5/c1-25-15-17-36(5)20-21-37(6)28(33(36)26(25)2)12-14-32-38(37,7)18-16-31-35(3,4)19-22-40(44,39(31,32)8)34(43)47-41(46-10)24-42-30-13-11-27(45-9)23-29(30)41/h11,13,23-26,28,31-33,44H,12,14-22H2,1-10H3/t25-,26+,28-,31+,32+,33+,36-,37-,38-,39+,40?,41?/m1/s1. The number of esters is 1. The van der Waals surface area contributed by atoms with Crippen molar-refractivity contribution >= 4 is 17.9 Å². The summed E-state index contributed by atoms with van der Waals surface area (Å²) < 4.78 is 17.9. The van der Waals surface area contributed by atoms with Gasteiger partial charge in [-0.1, -0.05) is 55.4 Å². The first-order valence-electron chi connectivity index (χ1n) is 18.7. The van der Waals surface area contributed by atoms with Gasteiger partial charge in [-0.25, -0.2) is 4.79 Å². The molecule has 7 rings (SSSR count). The summed E-state index contributed by atoms with van der Waals surface area (Å²) in [5, 5.41) is 13.2. The number of fused-ring (bicyclic) bond motifs is 8. The summed E-state index contributed by atoms with van der Waals surface area (Å²) in [4.78, 5) is 19.4. The number of carbonyl (C=O) groups excluding carboxylic acids is 1. The third kappa shape index (κ3) is 4.22. The quantitative estimate of drug-likeness (QED) is 0.260. The summed E-state index contributed by atoms with van der Waals surface area (Å²) >= 11 is 0. The van der Waals surface area contributed by atoms with E-state index in [1.54, 1.807) is 13.3 Å². The van der Waals surface area contributed by atoms with Crippen LogP contribution in [-0.2, 0) is 20.1 Å². The van der Waals surface area contributed by atoms with Crippen LogP contribution in [0, 0.1) is 62.6 Å². The van der Waals surface area contributed by atoms with E-state index in [1.807, 2.05) is 18.2 Å². The molecule has 47 heavy (non-hydrogen) atoms. The second kappa shape index (κ2) is 10.5. The second-order valence-electron chi connectivity index (χ2n) is 18.8. The van der Waals surface area contributed by atoms with E-state index < -0.39 is 22.8 Å². The predicted molar refractivity (Wildman–Crippen MR) is 186 cm³/mol. The Labute approximate surface area is 283 Å². The van der Waals surface area contributed by atoms with Gasteiger partial charge in [-0.15, -0.1) is 0 Å². The fraction of sp³-hybridized carbons (Fsp3) is 0.805. The van der Waals surface area contributed by atoms with Gasteiger partial charge in [0.15, 0.2) is 5.60 Å². The molecule has 0 bridgehead atoms. The van der Waals surface area contributed by atoms with Gasteiger partial charge < -0.3 is 19.3 Å². The smallest absolute Gasteiger partial charge is 0.341 e. The SMILES string of the molecule is COc1ccc2c(c1)C(OC)(OC(=O)C1(O)CCC(C)(C)[C@@H]3CC[C@]4(C)[C@H](CC[C@@H]5[C@@H]6[C@@H](C)[C@H](C)CC[C@]6(C)CC[C@]54C)[C@]31C)C=N2. The normalized spacial score (nSPS) is 49.5. The molecular weight excluding hydrogens is 586 g/mol. The largest absolute Gasteiger partial charge is 0.497 e. The number of aliphatic hydroxyl groups is 1. The first-order chi connectivity index (χ1) is 22.0. The van der Waals surface area contributed by atoms with Crippen LogP contribution in [0.1, 0.15) is 125 Å². The molecule has 0 saturated heterocycles. The number of hydrogen-bond acceptors (Lipinski definition) is 6. The Morgan fingerprint density at radius 3 is 2.30 bits per heavy atom. The van der Waals surface area contributed by atoms with Gasteiger partial charge in [-0.3, -0.25) is 4.99 Å². The Morgan fingerprint density at radius 2 is 1.60 bits per heavy atom. The molecule has 1 N–H and O–H groups in total. The third-order valence-electron chi connectivity index (χ3n) is 17.0. The summed E-state index contributed by atoms with van der Waals surface area (Å²) in [5.74, 6) is 1.85. The lowest BCUT2D eigenvalue weighted by atomic mass is 9.30. The van der Waals surface area contributed by atoms with Crippen molar-refractivity contribution in [3.8, 4) is 5.75 Å². The zero-order valence-electron chi connectivity index (χ0n) is 30.9. The summed E-state index contributed by atoms with van der Waals surface area (Å²) in [6.45, 7) is 19.9. The Morgan fingerprint density at radius 1 is 0.851 bits per heavy atom. The average molecular weight is 648 g/mol. The Hall–Kier alpha value is -1.92. The number of nitrogens with zero attached hydrogens (tertiary/aromatic N) is 1. The van der Waals surface area contributed by atoms with Gasteiger partial charge in [0.25, 0.3) is 5.79 Å². The molecule has 1 heterocycles. The van der Waals surface area contributed by atoms with Gasteiger partial charge >= 0.3 is 5.97 Å². The van der Waals surface area contributed by atoms with Crippen molar-refractivity contribution in [1.29, 1.82) is 0 Å². The summed E-state index contributed by atoms with van der Waals surface area (Å²) in [6, 6.07) is 5.51. The highest BCUT2D eigenvalue weighted by molar-refractivity contribution is 5.88. The minimum atomic E-state index is -1.65. The van der Waals surface area contributed by atoms with Crippen LogP contribution in [0.2, 0.25) is 0 Å². The first-order valence-corrected chi connectivity index (χ1v) is 18.7. The van der Waals surface area contributed by atoms with E-state index >= 15 is 0 Å². The minimum Gasteiger partial charge on any atom is -0.497 e. The second-order valence-corrected chi connectivity index (χ2v) is 18.8. The highest BCUT2D eigenvalue weighted by Gasteiger charge is 2.75. The molecule has 5 aliphatic carbocycles. The molecule has 5 saturated carbocycles. The maximum absolute atomic E-state index is 14.9. The number of aliphatic imine (C=N–C) groups is 1. The maximum atomic E-state index is 14.9. The molecule has 6 nitrogen and oxygen atoms in total. The topological polar surface area (TPSA) is 77.4 Å². The van der Waals surface area contributed by atoms with Crippen molar-refractivity contribution in [3.63, 3.8) is 0 Å². The molecule has 260 valence electrons. The fourth-order valence-corrected chi connectivity index (χ4v) is 13.7. The molecular formula is C41H61NO5. The van der Waals surface area contributed by atoms with Gasteiger partial charge in [0.05, 0.1) is 24.6 Å². The van der Waals surface area contributed by atoms with E-state index in [-0.39, 0.29) is 28.1 Å². The molecule has 5 fully saturated rings. The Bertz CT molecular complexity index is 1470. The lowest BCUT2D eigenvalue weighted by Crippen LogP contribution is -2.73. The molecule has 6 heteroatoms. The Balaban J connectivity index is 1.29. The number of carbonyl (C=O) groups is 1. The minimum absolute atomic E-state index is 0.00647. The van der Waals surface area contributed by atoms with Crippen molar-refractivity contribution in [1.82, 2.24) is 0 Å². The molecule has 0 aromatic heterocycles. The highest BCUT2D eigenvalue weighted by atomic mass is 16.7. The van der Waals surface area contributed by atoms with Crippen molar-refractivity contribution in [2.45, 2.75) is 131 Å². The van der Waals surface area contributed by atoms with Gasteiger partial charge in [-0.2, -0.15) is 0 Å². The molecule has 12 atom stereocenters. The molecule has 0 radical (unpaired) electrons. The van der Waals surface area contributed by atoms with Crippen LogP contribution in [-0.4, -0.2) is 37.1 Å². The monoisotopic (exact) mass is 647 g/mol. The predicted octanol–water partition coefficient (Wildman–Crippen LogP) is 9.24. The highest BCUT2D eigenvalue weighted by Crippen LogP contribution is 2.78. The average Bonchev–Trinajstić information content (AvgIpc) is 3.39. The van der Waals surface area contributed by atoms with Crippen LogP contribution in [0.5, 0.6) is 5.75 Å². The fourth-order valence-electron chi connectivity index (χ4n) is 13.7. The first kappa shape index (κ1) is 33.6. The number of methoxy groups -OCH3 is 2. The molecule has 6 aliphatic rings. The number of hydrogen-bond donors (Lipinski definition) is 1. The van der Waals surface area contributed by atoms with E-state index in [4.69, 9.17) is 14.2 Å². The molecule has 0 spiro atoms. The number of benzene rings is 1. The van der Waals surface area contributed by atoms with Crippen molar-refractivity contribution in [2.24, 2.45) is 67.6 Å². The van der Waals surface area contributed by atoms with Gasteiger partial charge in [0.2, 0.25) is 0 Å². The molecule has 0 amide bonds. The van der Waals surface area contributed by atoms with Crippen LogP contribution in [0.25, 0.3) is 0 Å². The van der Waals surface area contributed by atoms with E-state index in [1.165, 1.54) is 39.2 Å². The van der Waals surface area contributed by atoms with Crippen LogP contribution in [0.15, 0.2) is 23.2 Å². The van der Waals surface area contributed by atoms with Crippen LogP contribution < -0.4 is 4.74 Å². The molecule has 1 aliphatic heterocycles. The van der Waals surface area contributed by atoms with E-state index in [9.17, 15) is 9.90 Å². The number of ether oxygens (including phenoxy) is 3. The van der Waals surface area contributed by atoms with E-state index in [0.29, 0.717) is 34.8 Å². The summed E-state index contributed by atoms with van der Waals surface area (Å²) in [7, 11) is 3.15. The summed E-state index contributed by atoms with van der Waals surface area (Å²) in [6.07, 6.45) is 12.4. The van der Waals surface area contributed by atoms with Crippen molar-refractivity contribution < 1.29 is 24.1 Å². The lowest BCUT2D eigenvalue weighted by Gasteiger charge is -2.75. The zero-order chi connectivity index (χ0) is 34.0. The van der Waals surface area contributed by atoms with Crippen molar-refractivity contribution in [3.05, 3.63) is 23.8 Å². The molecule has 2 unspecified atom stereocenters. The van der Waals surface area contributed by atoms with Crippen LogP contribution in [0.4, 0.5) is 5.69 Å². The van der Waals surface area contributed by atoms with Gasteiger partial charge in [0.1, 0.15) is 5.75 Å². The number of rotatable bonds is 4. The van der Waals surface area contributed by atoms with Gasteiger partial charge in [-0.05, 0) is 140 Å². The summed E-state index contributed by atoms with van der Waals surface area (Å²) in [5.41, 5.74) is -0.406.